The number of phenolic OH excluding ortho intramolecular Hbond substituents is 1. The van der Waals surface area contributed by atoms with Gasteiger partial charge in [0.25, 0.3) is 0 Å². The maximum absolute atomic E-state index is 10.5. The van der Waals surface area contributed by atoms with Gasteiger partial charge in [0.2, 0.25) is 0 Å². The number of carbonyl (C=O) groups is 1. The van der Waals surface area contributed by atoms with Crippen LogP contribution in [0.4, 0.5) is 0 Å². The minimum Gasteiger partial charge on any atom is -0.508 e. The second kappa shape index (κ2) is 4.00. The number of rotatable bonds is 2. The normalized spacial score (nSPS) is 25.4. The van der Waals surface area contributed by atoms with E-state index in [2.05, 4.69) is 5.32 Å². The van der Waals surface area contributed by atoms with E-state index >= 15 is 0 Å². The Bertz CT molecular complexity index is 378. The van der Waals surface area contributed by atoms with Crippen LogP contribution in [0.25, 0.3) is 0 Å². The Labute approximate surface area is 87.9 Å². The van der Waals surface area contributed by atoms with Gasteiger partial charge in [-0.1, -0.05) is 6.07 Å². The van der Waals surface area contributed by atoms with E-state index in [1.165, 1.54) is 0 Å². The molecule has 1 aromatic carbocycles. The lowest BCUT2D eigenvalue weighted by Gasteiger charge is -2.12. The molecule has 2 atom stereocenters. The highest BCUT2D eigenvalue weighted by Crippen LogP contribution is 2.25. The summed E-state index contributed by atoms with van der Waals surface area (Å²) >= 11 is 0. The number of phenols is 1. The summed E-state index contributed by atoms with van der Waals surface area (Å²) in [5, 5.41) is 12.3. The molecule has 0 saturated carbocycles. The van der Waals surface area contributed by atoms with Crippen molar-refractivity contribution < 1.29 is 14.6 Å². The van der Waals surface area contributed by atoms with Crippen molar-refractivity contribution in [1.82, 2.24) is 5.32 Å². The molecule has 2 unspecified atom stereocenters. The first-order valence-electron chi connectivity index (χ1n) is 4.83. The molecule has 2 rings (SSSR count). The zero-order valence-corrected chi connectivity index (χ0v) is 8.43. The fraction of sp³-hybridized carbons (Fsp3) is 0.364. The SMILES string of the molecule is Cc1cc(O)ccc1C1COC(C=O)N1. The Kier molecular flexibility index (Phi) is 2.70. The molecular weight excluding hydrogens is 194 g/mol. The van der Waals surface area contributed by atoms with Gasteiger partial charge in [-0.3, -0.25) is 10.1 Å². The van der Waals surface area contributed by atoms with Crippen LogP contribution >= 0.6 is 0 Å². The topological polar surface area (TPSA) is 58.6 Å². The lowest BCUT2D eigenvalue weighted by Crippen LogP contribution is -2.26. The summed E-state index contributed by atoms with van der Waals surface area (Å²) in [5.74, 6) is 0.252. The molecule has 4 nitrogen and oxygen atoms in total. The third kappa shape index (κ3) is 2.00. The maximum Gasteiger partial charge on any atom is 0.165 e. The van der Waals surface area contributed by atoms with Crippen molar-refractivity contribution in [1.29, 1.82) is 0 Å². The highest BCUT2D eigenvalue weighted by Gasteiger charge is 2.25. The standard InChI is InChI=1S/C11H13NO3/c1-7-4-8(14)2-3-9(7)10-6-15-11(5-13)12-10/h2-5,10-12,14H,6H2,1H3. The van der Waals surface area contributed by atoms with Crippen molar-refractivity contribution in [3.63, 3.8) is 0 Å². The molecule has 1 aliphatic heterocycles. The number of aldehydes is 1. The smallest absolute Gasteiger partial charge is 0.165 e. The molecule has 0 spiro atoms. The minimum absolute atomic E-state index is 0.0285. The molecule has 80 valence electrons. The van der Waals surface area contributed by atoms with Gasteiger partial charge in [0.05, 0.1) is 12.6 Å². The second-order valence-electron chi connectivity index (χ2n) is 3.65. The Balaban J connectivity index is 2.20. The summed E-state index contributed by atoms with van der Waals surface area (Å²) in [6, 6.07) is 5.21. The van der Waals surface area contributed by atoms with Gasteiger partial charge in [-0.25, -0.2) is 0 Å². The van der Waals surface area contributed by atoms with Crippen LogP contribution in [-0.4, -0.2) is 24.2 Å². The summed E-state index contributed by atoms with van der Waals surface area (Å²) in [5.41, 5.74) is 2.04. The van der Waals surface area contributed by atoms with Crippen molar-refractivity contribution >= 4 is 6.29 Å². The van der Waals surface area contributed by atoms with Crippen LogP contribution in [0.15, 0.2) is 18.2 Å². The van der Waals surface area contributed by atoms with E-state index in [9.17, 15) is 9.90 Å². The van der Waals surface area contributed by atoms with Crippen molar-refractivity contribution in [3.8, 4) is 5.75 Å². The second-order valence-corrected chi connectivity index (χ2v) is 3.65. The predicted octanol–water partition coefficient (Wildman–Crippen LogP) is 0.887. The molecule has 1 aromatic rings. The Hall–Kier alpha value is -1.39. The summed E-state index contributed by atoms with van der Waals surface area (Å²) < 4.78 is 5.21. The summed E-state index contributed by atoms with van der Waals surface area (Å²) in [7, 11) is 0. The molecule has 0 aliphatic carbocycles. The first-order chi connectivity index (χ1) is 7.20. The molecule has 2 N–H and O–H groups in total. The first-order valence-corrected chi connectivity index (χ1v) is 4.83. The minimum atomic E-state index is -0.511. The third-order valence-corrected chi connectivity index (χ3v) is 2.56. The van der Waals surface area contributed by atoms with Gasteiger partial charge in [0.1, 0.15) is 5.75 Å². The Morgan fingerprint density at radius 1 is 1.60 bits per heavy atom. The van der Waals surface area contributed by atoms with E-state index in [4.69, 9.17) is 4.74 Å². The number of ether oxygens (including phenoxy) is 1. The van der Waals surface area contributed by atoms with E-state index in [0.29, 0.717) is 6.61 Å². The molecule has 0 aromatic heterocycles. The van der Waals surface area contributed by atoms with Crippen molar-refractivity contribution in [2.45, 2.75) is 19.2 Å². The molecule has 15 heavy (non-hydrogen) atoms. The largest absolute Gasteiger partial charge is 0.508 e. The number of benzene rings is 1. The molecule has 1 heterocycles. The van der Waals surface area contributed by atoms with Gasteiger partial charge in [-0.05, 0) is 30.2 Å². The van der Waals surface area contributed by atoms with Crippen LogP contribution in [0.5, 0.6) is 5.75 Å². The van der Waals surface area contributed by atoms with Crippen molar-refractivity contribution in [3.05, 3.63) is 29.3 Å². The van der Waals surface area contributed by atoms with Gasteiger partial charge < -0.3 is 9.84 Å². The van der Waals surface area contributed by atoms with Crippen LogP contribution in [-0.2, 0) is 9.53 Å². The molecule has 0 radical (unpaired) electrons. The summed E-state index contributed by atoms with van der Waals surface area (Å²) in [6.45, 7) is 2.40. The van der Waals surface area contributed by atoms with E-state index in [1.54, 1.807) is 12.1 Å². The third-order valence-electron chi connectivity index (χ3n) is 2.56. The van der Waals surface area contributed by atoms with Crippen LogP contribution in [0.1, 0.15) is 17.2 Å². The Morgan fingerprint density at radius 2 is 2.40 bits per heavy atom. The molecular formula is C11H13NO3. The molecule has 1 fully saturated rings. The fourth-order valence-corrected chi connectivity index (χ4v) is 1.80. The van der Waals surface area contributed by atoms with E-state index in [1.807, 2.05) is 13.0 Å². The maximum atomic E-state index is 10.5. The van der Waals surface area contributed by atoms with Crippen LogP contribution in [0.3, 0.4) is 0 Å². The van der Waals surface area contributed by atoms with Gasteiger partial charge >= 0.3 is 0 Å². The van der Waals surface area contributed by atoms with Gasteiger partial charge in [0, 0.05) is 0 Å². The molecule has 0 amide bonds. The number of aromatic hydroxyl groups is 1. The average molecular weight is 207 g/mol. The van der Waals surface area contributed by atoms with E-state index < -0.39 is 6.23 Å². The highest BCUT2D eigenvalue weighted by molar-refractivity contribution is 5.56. The number of hydrogen-bond acceptors (Lipinski definition) is 4. The van der Waals surface area contributed by atoms with Crippen LogP contribution < -0.4 is 5.32 Å². The predicted molar refractivity (Wildman–Crippen MR) is 54.5 cm³/mol. The molecule has 0 bridgehead atoms. The average Bonchev–Trinajstić information content (AvgIpc) is 2.66. The summed E-state index contributed by atoms with van der Waals surface area (Å²) in [4.78, 5) is 10.5. The Morgan fingerprint density at radius 3 is 3.00 bits per heavy atom. The highest BCUT2D eigenvalue weighted by atomic mass is 16.5. The number of nitrogens with one attached hydrogen (secondary N) is 1. The quantitative estimate of drug-likeness (QED) is 0.707. The first kappa shape index (κ1) is 10.1. The zero-order valence-electron chi connectivity index (χ0n) is 8.43. The number of hydrogen-bond donors (Lipinski definition) is 2. The zero-order chi connectivity index (χ0) is 10.8. The number of carbonyl (C=O) groups excluding carboxylic acids is 1. The van der Waals surface area contributed by atoms with Crippen molar-refractivity contribution in [2.75, 3.05) is 6.61 Å². The van der Waals surface area contributed by atoms with Crippen LogP contribution in [0, 0.1) is 6.92 Å². The molecule has 4 heteroatoms. The van der Waals surface area contributed by atoms with Crippen molar-refractivity contribution in [2.24, 2.45) is 0 Å². The fourth-order valence-electron chi connectivity index (χ4n) is 1.80. The van der Waals surface area contributed by atoms with E-state index in [0.717, 1.165) is 17.4 Å². The lowest BCUT2D eigenvalue weighted by molar-refractivity contribution is -0.116. The summed E-state index contributed by atoms with van der Waals surface area (Å²) in [6.07, 6.45) is 0.235. The van der Waals surface area contributed by atoms with Crippen LogP contribution in [0.2, 0.25) is 0 Å². The number of aryl methyl sites for hydroxylation is 1. The lowest BCUT2D eigenvalue weighted by atomic mass is 10.0. The van der Waals surface area contributed by atoms with Gasteiger partial charge in [-0.15, -0.1) is 0 Å². The van der Waals surface area contributed by atoms with Gasteiger partial charge in [-0.2, -0.15) is 0 Å². The molecule has 1 saturated heterocycles. The monoisotopic (exact) mass is 207 g/mol. The molecule has 1 aliphatic rings. The van der Waals surface area contributed by atoms with E-state index in [-0.39, 0.29) is 11.8 Å². The van der Waals surface area contributed by atoms with Gasteiger partial charge in [0.15, 0.2) is 12.5 Å².